The van der Waals surface area contributed by atoms with Gasteiger partial charge in [0.05, 0.1) is 28.4 Å². The number of rotatable bonds is 0. The monoisotopic (exact) mass is 396 g/mol. The molecule has 4 aromatic carbocycles. The highest BCUT2D eigenvalue weighted by molar-refractivity contribution is 6.28. The minimum atomic E-state index is 0.672. The Morgan fingerprint density at radius 3 is 2.52 bits per heavy atom. The van der Waals surface area contributed by atoms with Crippen molar-refractivity contribution in [1.29, 1.82) is 0 Å². The van der Waals surface area contributed by atoms with Crippen LogP contribution >= 0.6 is 0 Å². The van der Waals surface area contributed by atoms with E-state index in [4.69, 9.17) is 6.57 Å². The second-order valence-electron chi connectivity index (χ2n) is 8.47. The molecule has 0 aliphatic carbocycles. The van der Waals surface area contributed by atoms with Gasteiger partial charge in [0.2, 0.25) is 5.52 Å². The molecule has 0 bridgehead atoms. The first-order chi connectivity index (χ1) is 15.2. The highest BCUT2D eigenvalue weighted by atomic mass is 15.0. The van der Waals surface area contributed by atoms with Gasteiger partial charge in [-0.1, -0.05) is 48.5 Å². The second kappa shape index (κ2) is 5.50. The van der Waals surface area contributed by atoms with E-state index in [-0.39, 0.29) is 0 Å². The lowest BCUT2D eigenvalue weighted by molar-refractivity contribution is -0.643. The molecule has 0 fully saturated rings. The van der Waals surface area contributed by atoms with Crippen molar-refractivity contribution < 1.29 is 4.57 Å². The summed E-state index contributed by atoms with van der Waals surface area (Å²) in [6.45, 7) is 9.79. The Balaban J connectivity index is 1.96. The average molecular weight is 396 g/mol. The molecule has 7 aromatic rings. The third kappa shape index (κ3) is 1.90. The molecule has 0 saturated carbocycles. The summed E-state index contributed by atoms with van der Waals surface area (Å²) in [5, 5.41) is 8.76. The van der Waals surface area contributed by atoms with E-state index in [1.165, 1.54) is 59.8 Å². The average Bonchev–Trinajstić information content (AvgIpc) is 3.14. The van der Waals surface area contributed by atoms with Gasteiger partial charge in [-0.3, -0.25) is 0 Å². The highest BCUT2D eigenvalue weighted by Crippen LogP contribution is 2.42. The zero-order valence-corrected chi connectivity index (χ0v) is 17.3. The van der Waals surface area contributed by atoms with E-state index in [2.05, 4.69) is 88.6 Å². The predicted molar refractivity (Wildman–Crippen MR) is 128 cm³/mol. The van der Waals surface area contributed by atoms with Crippen LogP contribution in [0.25, 0.3) is 64.6 Å². The summed E-state index contributed by atoms with van der Waals surface area (Å²) in [6.07, 6.45) is 2.16. The van der Waals surface area contributed by atoms with E-state index < -0.39 is 0 Å². The van der Waals surface area contributed by atoms with Crippen LogP contribution in [-0.2, 0) is 7.05 Å². The number of aromatic nitrogens is 2. The summed E-state index contributed by atoms with van der Waals surface area (Å²) < 4.78 is 4.65. The van der Waals surface area contributed by atoms with Crippen molar-refractivity contribution in [2.75, 3.05) is 0 Å². The van der Waals surface area contributed by atoms with Crippen LogP contribution < -0.4 is 4.57 Å². The summed E-state index contributed by atoms with van der Waals surface area (Å²) in [6, 6.07) is 23.7. The van der Waals surface area contributed by atoms with Crippen molar-refractivity contribution in [3.63, 3.8) is 0 Å². The van der Waals surface area contributed by atoms with Gasteiger partial charge in [-0.2, -0.15) is 0 Å². The molecule has 7 rings (SSSR count). The van der Waals surface area contributed by atoms with E-state index in [9.17, 15) is 0 Å². The molecule has 3 nitrogen and oxygen atoms in total. The number of aryl methyl sites for hydroxylation is 2. The first kappa shape index (κ1) is 16.6. The van der Waals surface area contributed by atoms with Crippen LogP contribution in [0.1, 0.15) is 5.56 Å². The van der Waals surface area contributed by atoms with E-state index in [0.29, 0.717) is 5.69 Å². The fourth-order valence-electron chi connectivity index (χ4n) is 5.55. The van der Waals surface area contributed by atoms with Gasteiger partial charge >= 0.3 is 0 Å². The zero-order valence-electron chi connectivity index (χ0n) is 17.3. The molecule has 0 N–H and O–H groups in total. The van der Waals surface area contributed by atoms with Crippen molar-refractivity contribution in [2.24, 2.45) is 7.05 Å². The second-order valence-corrected chi connectivity index (χ2v) is 8.47. The predicted octanol–water partition coefficient (Wildman–Crippen LogP) is 6.83. The number of pyridine rings is 2. The molecule has 0 amide bonds. The van der Waals surface area contributed by atoms with Gasteiger partial charge in [0, 0.05) is 22.4 Å². The number of nitrogens with zero attached hydrogens (tertiary/aromatic N) is 3. The molecule has 0 aliphatic rings. The number of fused-ring (bicyclic) bond motifs is 7. The molecule has 3 heterocycles. The standard InChI is InChI=1S/C28H18N3/c1-16-20-7-5-4-6-18(20)14-24-25(16)28-26-17(12-13-30(28)3)8-10-22-21-11-9-19(29-2)15-23(21)31(24)27(22)26/h4-15H,1,3H3/q+1. The fourth-order valence-corrected chi connectivity index (χ4v) is 5.55. The van der Waals surface area contributed by atoms with Crippen molar-refractivity contribution >= 4 is 65.5 Å². The summed E-state index contributed by atoms with van der Waals surface area (Å²) in [4.78, 5) is 3.71. The number of hydrogen-bond donors (Lipinski definition) is 0. The van der Waals surface area contributed by atoms with Gasteiger partial charge in [0.15, 0.2) is 11.9 Å². The van der Waals surface area contributed by atoms with E-state index in [1.54, 1.807) is 0 Å². The van der Waals surface area contributed by atoms with Crippen LogP contribution in [0.4, 0.5) is 5.69 Å². The maximum Gasteiger partial charge on any atom is 0.224 e. The lowest BCUT2D eigenvalue weighted by Crippen LogP contribution is -2.28. The Labute approximate surface area is 178 Å². The number of hydrogen-bond acceptors (Lipinski definition) is 0. The van der Waals surface area contributed by atoms with Crippen molar-refractivity contribution in [2.45, 2.75) is 6.92 Å². The molecule has 0 radical (unpaired) electrons. The lowest BCUT2D eigenvalue weighted by Gasteiger charge is -2.14. The molecule has 3 heteroatoms. The summed E-state index contributed by atoms with van der Waals surface area (Å²) in [5.74, 6) is 0. The van der Waals surface area contributed by atoms with Crippen LogP contribution in [0.15, 0.2) is 72.9 Å². The van der Waals surface area contributed by atoms with Gasteiger partial charge in [0.1, 0.15) is 7.05 Å². The van der Waals surface area contributed by atoms with Crippen molar-refractivity contribution in [3.8, 4) is 0 Å². The molecule has 31 heavy (non-hydrogen) atoms. The SMILES string of the molecule is [C-]#[N+]c1ccc2c3ccc4cc[n+](C)c5c6c(C)c7ccccc7cc6n(c2c1)c3c45. The largest absolute Gasteiger partial charge is 0.309 e. The van der Waals surface area contributed by atoms with Crippen molar-refractivity contribution in [3.05, 3.63) is 89.9 Å². The molecule has 3 aromatic heterocycles. The lowest BCUT2D eigenvalue weighted by atomic mass is 9.96. The van der Waals surface area contributed by atoms with Gasteiger partial charge < -0.3 is 4.40 Å². The van der Waals surface area contributed by atoms with Crippen LogP contribution in [0.2, 0.25) is 0 Å². The molecule has 0 unspecified atom stereocenters. The summed E-state index contributed by atoms with van der Waals surface area (Å²) >= 11 is 0. The maximum absolute atomic E-state index is 7.55. The van der Waals surface area contributed by atoms with E-state index in [1.807, 2.05) is 12.1 Å². The minimum Gasteiger partial charge on any atom is -0.309 e. The molecule has 144 valence electrons. The van der Waals surface area contributed by atoms with Gasteiger partial charge in [0.25, 0.3) is 0 Å². The summed E-state index contributed by atoms with van der Waals surface area (Å²) in [7, 11) is 2.14. The van der Waals surface area contributed by atoms with Gasteiger partial charge in [-0.05, 0) is 40.8 Å². The Bertz CT molecular complexity index is 1920. The summed E-state index contributed by atoms with van der Waals surface area (Å²) in [5.41, 5.74) is 6.77. The van der Waals surface area contributed by atoms with Crippen molar-refractivity contribution in [1.82, 2.24) is 4.40 Å². The Hall–Kier alpha value is -4.16. The normalized spacial score (nSPS) is 12.2. The Morgan fingerprint density at radius 1 is 0.806 bits per heavy atom. The zero-order chi connectivity index (χ0) is 20.9. The van der Waals surface area contributed by atoms with E-state index >= 15 is 0 Å². The smallest absolute Gasteiger partial charge is 0.224 e. The number of benzene rings is 4. The van der Waals surface area contributed by atoms with Crippen LogP contribution in [0.3, 0.4) is 0 Å². The third-order valence-corrected chi connectivity index (χ3v) is 6.91. The molecule has 0 spiro atoms. The topological polar surface area (TPSA) is 12.7 Å². The quantitative estimate of drug-likeness (QED) is 0.115. The maximum atomic E-state index is 7.55. The minimum absolute atomic E-state index is 0.672. The van der Waals surface area contributed by atoms with Gasteiger partial charge in [-0.15, -0.1) is 0 Å². The van der Waals surface area contributed by atoms with Gasteiger partial charge in [-0.25, -0.2) is 9.41 Å². The van der Waals surface area contributed by atoms with E-state index in [0.717, 1.165) is 5.52 Å². The molecule has 0 atom stereocenters. The van der Waals surface area contributed by atoms with Crippen LogP contribution in [0, 0.1) is 13.5 Å². The fraction of sp³-hybridized carbons (Fsp3) is 0.0714. The molecular weight excluding hydrogens is 378 g/mol. The first-order valence-corrected chi connectivity index (χ1v) is 10.5. The first-order valence-electron chi connectivity index (χ1n) is 10.5. The Kier molecular flexibility index (Phi) is 2.95. The molecule has 0 aliphatic heterocycles. The third-order valence-electron chi connectivity index (χ3n) is 6.91. The molecular formula is C28H18N3+. The van der Waals surface area contributed by atoms with Crippen LogP contribution in [-0.4, -0.2) is 4.40 Å². The Morgan fingerprint density at radius 2 is 1.65 bits per heavy atom. The van der Waals surface area contributed by atoms with Crippen LogP contribution in [0.5, 0.6) is 0 Å². The highest BCUT2D eigenvalue weighted by Gasteiger charge is 2.24. The molecule has 0 saturated heterocycles.